The number of halogens is 1. The average Bonchev–Trinajstić information content (AvgIpc) is 2.87. The van der Waals surface area contributed by atoms with E-state index in [2.05, 4.69) is 17.2 Å². The fraction of sp³-hybridized carbons (Fsp3) is 0.400. The van der Waals surface area contributed by atoms with Crippen LogP contribution in [0, 0.1) is 5.82 Å². The van der Waals surface area contributed by atoms with Crippen LogP contribution in [0.25, 0.3) is 0 Å². The molecule has 19 heavy (non-hydrogen) atoms. The fourth-order valence-corrected chi connectivity index (χ4v) is 2.02. The van der Waals surface area contributed by atoms with Crippen molar-refractivity contribution in [3.05, 3.63) is 53.5 Å². The van der Waals surface area contributed by atoms with Crippen molar-refractivity contribution >= 4 is 0 Å². The number of aryl methyl sites for hydroxylation is 1. The van der Waals surface area contributed by atoms with Gasteiger partial charge in [0.25, 0.3) is 0 Å². The third-order valence-electron chi connectivity index (χ3n) is 3.11. The predicted molar refractivity (Wildman–Crippen MR) is 72.2 cm³/mol. The van der Waals surface area contributed by atoms with Crippen molar-refractivity contribution < 1.29 is 8.81 Å². The zero-order chi connectivity index (χ0) is 13.7. The van der Waals surface area contributed by atoms with Crippen LogP contribution in [0.3, 0.4) is 0 Å². The zero-order valence-corrected chi connectivity index (χ0v) is 11.3. The Morgan fingerprint density at radius 3 is 2.84 bits per heavy atom. The molecule has 0 aliphatic heterocycles. The zero-order valence-electron chi connectivity index (χ0n) is 11.3. The van der Waals surface area contributed by atoms with Gasteiger partial charge in [-0.05, 0) is 24.1 Å². The van der Waals surface area contributed by atoms with Gasteiger partial charge in [0.2, 0.25) is 5.89 Å². The lowest BCUT2D eigenvalue weighted by atomic mass is 10.0. The number of benzene rings is 1. The Labute approximate surface area is 112 Å². The molecule has 2 aromatic rings. The Bertz CT molecular complexity index is 524. The van der Waals surface area contributed by atoms with Crippen LogP contribution >= 0.6 is 0 Å². The van der Waals surface area contributed by atoms with Gasteiger partial charge in [-0.2, -0.15) is 0 Å². The fourth-order valence-electron chi connectivity index (χ4n) is 2.02. The average molecular weight is 262 g/mol. The molecule has 0 amide bonds. The summed E-state index contributed by atoms with van der Waals surface area (Å²) in [6.45, 7) is 4.64. The largest absolute Gasteiger partial charge is 0.444 e. The normalized spacial score (nSPS) is 12.6. The minimum absolute atomic E-state index is 0.104. The Morgan fingerprint density at radius 2 is 2.21 bits per heavy atom. The summed E-state index contributed by atoms with van der Waals surface area (Å²) in [6.07, 6.45) is 3.47. The summed E-state index contributed by atoms with van der Waals surface area (Å²) in [5.41, 5.74) is 0.949. The van der Waals surface area contributed by atoms with E-state index < -0.39 is 0 Å². The first-order chi connectivity index (χ1) is 9.22. The lowest BCUT2D eigenvalue weighted by Gasteiger charge is -2.16. The molecule has 0 radical (unpaired) electrons. The molecule has 1 atom stereocenters. The minimum Gasteiger partial charge on any atom is -0.444 e. The molecule has 1 heterocycles. The molecule has 3 nitrogen and oxygen atoms in total. The third-order valence-corrected chi connectivity index (χ3v) is 3.11. The molecule has 2 rings (SSSR count). The molecule has 0 aliphatic carbocycles. The lowest BCUT2D eigenvalue weighted by molar-refractivity contribution is 0.413. The number of oxazole rings is 1. The Morgan fingerprint density at radius 1 is 1.37 bits per heavy atom. The van der Waals surface area contributed by atoms with Crippen LogP contribution in [-0.4, -0.2) is 4.98 Å². The lowest BCUT2D eigenvalue weighted by Crippen LogP contribution is -2.20. The van der Waals surface area contributed by atoms with Gasteiger partial charge in [0.05, 0.1) is 12.7 Å². The summed E-state index contributed by atoms with van der Waals surface area (Å²) in [5.74, 6) is 1.35. The molecule has 0 saturated heterocycles. The summed E-state index contributed by atoms with van der Waals surface area (Å²) in [4.78, 5) is 4.20. The summed E-state index contributed by atoms with van der Waals surface area (Å²) in [5, 5.41) is 3.34. The highest BCUT2D eigenvalue weighted by Crippen LogP contribution is 2.18. The highest BCUT2D eigenvalue weighted by molar-refractivity contribution is 5.20. The van der Waals surface area contributed by atoms with Crippen molar-refractivity contribution in [1.29, 1.82) is 0 Å². The van der Waals surface area contributed by atoms with Crippen molar-refractivity contribution in [1.82, 2.24) is 10.3 Å². The SMILES string of the molecule is CCc1cnc(CNC(CC)c2cccc(F)c2)o1. The summed E-state index contributed by atoms with van der Waals surface area (Å²) in [7, 11) is 0. The molecule has 0 fully saturated rings. The summed E-state index contributed by atoms with van der Waals surface area (Å²) >= 11 is 0. The van der Waals surface area contributed by atoms with Crippen LogP contribution < -0.4 is 5.32 Å². The second kappa shape index (κ2) is 6.48. The van der Waals surface area contributed by atoms with Crippen LogP contribution in [0.5, 0.6) is 0 Å². The number of nitrogens with one attached hydrogen (secondary N) is 1. The van der Waals surface area contributed by atoms with E-state index in [1.807, 2.05) is 13.0 Å². The van der Waals surface area contributed by atoms with Gasteiger partial charge in [-0.1, -0.05) is 26.0 Å². The molecule has 0 aliphatic rings. The summed E-state index contributed by atoms with van der Waals surface area (Å²) < 4.78 is 18.8. The van der Waals surface area contributed by atoms with E-state index in [9.17, 15) is 4.39 Å². The van der Waals surface area contributed by atoms with Crippen LogP contribution in [-0.2, 0) is 13.0 Å². The number of aromatic nitrogens is 1. The number of nitrogens with zero attached hydrogens (tertiary/aromatic N) is 1. The topological polar surface area (TPSA) is 38.1 Å². The molecular formula is C15H19FN2O. The molecule has 0 bridgehead atoms. The third kappa shape index (κ3) is 3.64. The maximum Gasteiger partial charge on any atom is 0.208 e. The first kappa shape index (κ1) is 13.7. The molecular weight excluding hydrogens is 243 g/mol. The van der Waals surface area contributed by atoms with E-state index in [4.69, 9.17) is 4.42 Å². The molecule has 4 heteroatoms. The standard InChI is InChI=1S/C15H19FN2O/c1-3-13-9-18-15(19-13)10-17-14(4-2)11-6-5-7-12(16)8-11/h5-9,14,17H,3-4,10H2,1-2H3. The molecule has 1 unspecified atom stereocenters. The van der Waals surface area contributed by atoms with Crippen LogP contribution in [0.4, 0.5) is 4.39 Å². The Balaban J connectivity index is 1.99. The van der Waals surface area contributed by atoms with E-state index in [0.29, 0.717) is 12.4 Å². The highest BCUT2D eigenvalue weighted by Gasteiger charge is 2.11. The summed E-state index contributed by atoms with van der Waals surface area (Å²) in [6, 6.07) is 6.78. The van der Waals surface area contributed by atoms with Crippen molar-refractivity contribution in [3.8, 4) is 0 Å². The monoisotopic (exact) mass is 262 g/mol. The van der Waals surface area contributed by atoms with Crippen molar-refractivity contribution in [2.24, 2.45) is 0 Å². The van der Waals surface area contributed by atoms with E-state index in [0.717, 1.165) is 24.2 Å². The van der Waals surface area contributed by atoms with Crippen LogP contribution in [0.15, 0.2) is 34.9 Å². The van der Waals surface area contributed by atoms with Crippen molar-refractivity contribution in [2.75, 3.05) is 0 Å². The second-order valence-electron chi connectivity index (χ2n) is 4.47. The molecule has 0 spiro atoms. The Kier molecular flexibility index (Phi) is 4.68. The van der Waals surface area contributed by atoms with Gasteiger partial charge in [0, 0.05) is 12.5 Å². The van der Waals surface area contributed by atoms with Crippen molar-refractivity contribution in [3.63, 3.8) is 0 Å². The molecule has 1 aromatic carbocycles. The number of rotatable bonds is 6. The maximum atomic E-state index is 13.2. The second-order valence-corrected chi connectivity index (χ2v) is 4.47. The van der Waals surface area contributed by atoms with E-state index >= 15 is 0 Å². The van der Waals surface area contributed by atoms with Gasteiger partial charge in [-0.25, -0.2) is 9.37 Å². The maximum absolute atomic E-state index is 13.2. The van der Waals surface area contributed by atoms with Crippen LogP contribution in [0.1, 0.15) is 43.5 Å². The van der Waals surface area contributed by atoms with Gasteiger partial charge in [0.15, 0.2) is 0 Å². The van der Waals surface area contributed by atoms with Crippen molar-refractivity contribution in [2.45, 2.75) is 39.3 Å². The molecule has 1 N–H and O–H groups in total. The van der Waals surface area contributed by atoms with Crippen LogP contribution in [0.2, 0.25) is 0 Å². The Hall–Kier alpha value is -1.68. The van der Waals surface area contributed by atoms with Gasteiger partial charge in [-0.3, -0.25) is 0 Å². The van der Waals surface area contributed by atoms with E-state index in [1.165, 1.54) is 6.07 Å². The van der Waals surface area contributed by atoms with Gasteiger partial charge < -0.3 is 9.73 Å². The predicted octanol–water partition coefficient (Wildman–Crippen LogP) is 3.62. The molecule has 0 saturated carbocycles. The first-order valence-corrected chi connectivity index (χ1v) is 6.65. The minimum atomic E-state index is -0.206. The van der Waals surface area contributed by atoms with Gasteiger partial charge >= 0.3 is 0 Å². The molecule has 102 valence electrons. The smallest absolute Gasteiger partial charge is 0.208 e. The highest BCUT2D eigenvalue weighted by atomic mass is 19.1. The molecule has 1 aromatic heterocycles. The van der Waals surface area contributed by atoms with E-state index in [-0.39, 0.29) is 11.9 Å². The number of hydrogen-bond donors (Lipinski definition) is 1. The van der Waals surface area contributed by atoms with Gasteiger partial charge in [0.1, 0.15) is 11.6 Å². The number of hydrogen-bond acceptors (Lipinski definition) is 3. The van der Waals surface area contributed by atoms with Gasteiger partial charge in [-0.15, -0.1) is 0 Å². The van der Waals surface area contributed by atoms with E-state index in [1.54, 1.807) is 18.3 Å². The quantitative estimate of drug-likeness (QED) is 0.864. The first-order valence-electron chi connectivity index (χ1n) is 6.65.